The molecule has 2 fully saturated rings. The van der Waals surface area contributed by atoms with Crippen LogP contribution in [0.15, 0.2) is 30.6 Å². The lowest BCUT2D eigenvalue weighted by atomic mass is 10.1. The number of benzene rings is 1. The molecule has 2 aliphatic rings. The first-order valence-electron chi connectivity index (χ1n) is 8.55. The molecule has 0 bridgehead atoms. The monoisotopic (exact) mass is 332 g/mol. The first-order chi connectivity index (χ1) is 11.6. The molecule has 4 nitrogen and oxygen atoms in total. The van der Waals surface area contributed by atoms with Gasteiger partial charge < -0.3 is 14.8 Å². The number of imidazole rings is 1. The minimum atomic E-state index is -0.534. The molecule has 6 heteroatoms. The summed E-state index contributed by atoms with van der Waals surface area (Å²) in [6.07, 6.45) is 7.22. The van der Waals surface area contributed by atoms with Gasteiger partial charge in [-0.25, -0.2) is 13.8 Å². The summed E-state index contributed by atoms with van der Waals surface area (Å²) in [6.45, 7) is 1.51. The van der Waals surface area contributed by atoms with E-state index in [-0.39, 0.29) is 12.1 Å². The Morgan fingerprint density at radius 1 is 1.25 bits per heavy atom. The fourth-order valence-electron chi connectivity index (χ4n) is 3.63. The van der Waals surface area contributed by atoms with Crippen LogP contribution in [0.3, 0.4) is 0 Å². The number of rotatable bonds is 5. The summed E-state index contributed by atoms with van der Waals surface area (Å²) in [5.74, 6) is 0.693. The number of nitrogens with one attached hydrogen (secondary N) is 1. The van der Waals surface area contributed by atoms with E-state index in [1.54, 1.807) is 0 Å². The SMILES string of the molecule is Cn1ccnc1[C@@H](N[C@@H]1CCN(c2ccc(F)cc2F)C1)C1CC1. The number of aryl methyl sites for hydroxylation is 1. The molecule has 4 rings (SSSR count). The Labute approximate surface area is 140 Å². The van der Waals surface area contributed by atoms with E-state index in [9.17, 15) is 8.78 Å². The molecule has 1 N–H and O–H groups in total. The minimum absolute atomic E-state index is 0.257. The molecule has 24 heavy (non-hydrogen) atoms. The second-order valence-electron chi connectivity index (χ2n) is 6.91. The van der Waals surface area contributed by atoms with Gasteiger partial charge in [0.2, 0.25) is 0 Å². The normalized spacial score (nSPS) is 22.1. The number of hydrogen-bond acceptors (Lipinski definition) is 3. The molecule has 2 aromatic rings. The maximum atomic E-state index is 14.0. The molecule has 0 amide bonds. The number of aromatic nitrogens is 2. The van der Waals surface area contributed by atoms with Crippen LogP contribution in [0.4, 0.5) is 14.5 Å². The first kappa shape index (κ1) is 15.6. The summed E-state index contributed by atoms with van der Waals surface area (Å²) in [6, 6.07) is 4.35. The molecule has 0 unspecified atom stereocenters. The Balaban J connectivity index is 1.45. The van der Waals surface area contributed by atoms with Crippen molar-refractivity contribution in [1.29, 1.82) is 0 Å². The Kier molecular flexibility index (Phi) is 4.00. The van der Waals surface area contributed by atoms with Gasteiger partial charge in [-0.1, -0.05) is 0 Å². The van der Waals surface area contributed by atoms with Crippen LogP contribution in [-0.4, -0.2) is 28.7 Å². The van der Waals surface area contributed by atoms with Crippen molar-refractivity contribution in [1.82, 2.24) is 14.9 Å². The van der Waals surface area contributed by atoms with Gasteiger partial charge in [-0.05, 0) is 37.3 Å². The van der Waals surface area contributed by atoms with Gasteiger partial charge in [-0.3, -0.25) is 0 Å². The predicted octanol–water partition coefficient (Wildman–Crippen LogP) is 3.02. The van der Waals surface area contributed by atoms with Gasteiger partial charge >= 0.3 is 0 Å². The molecular formula is C18H22F2N4. The fourth-order valence-corrected chi connectivity index (χ4v) is 3.63. The van der Waals surface area contributed by atoms with Crippen LogP contribution in [0.25, 0.3) is 0 Å². The third-order valence-corrected chi connectivity index (χ3v) is 5.08. The standard InChI is InChI=1S/C18H22F2N4/c1-23-9-7-21-18(23)17(12-2-3-12)22-14-6-8-24(11-14)16-5-4-13(19)10-15(16)20/h4-5,7,9-10,12,14,17,22H,2-3,6,8,11H2,1H3/t14-,17+/m1/s1. The quantitative estimate of drug-likeness (QED) is 0.914. The van der Waals surface area contributed by atoms with Crippen molar-refractivity contribution in [2.75, 3.05) is 18.0 Å². The van der Waals surface area contributed by atoms with Crippen LogP contribution in [0, 0.1) is 17.6 Å². The average Bonchev–Trinajstić information content (AvgIpc) is 3.14. The van der Waals surface area contributed by atoms with E-state index in [2.05, 4.69) is 14.9 Å². The fraction of sp³-hybridized carbons (Fsp3) is 0.500. The summed E-state index contributed by atoms with van der Waals surface area (Å²) in [5.41, 5.74) is 0.487. The number of halogens is 2. The van der Waals surface area contributed by atoms with Gasteiger partial charge in [-0.2, -0.15) is 0 Å². The molecule has 1 aliphatic heterocycles. The highest BCUT2D eigenvalue weighted by Gasteiger charge is 2.37. The Morgan fingerprint density at radius 2 is 2.08 bits per heavy atom. The van der Waals surface area contributed by atoms with Crippen LogP contribution in [0.5, 0.6) is 0 Å². The maximum absolute atomic E-state index is 14.0. The van der Waals surface area contributed by atoms with E-state index in [0.717, 1.165) is 31.4 Å². The highest BCUT2D eigenvalue weighted by molar-refractivity contribution is 5.49. The van der Waals surface area contributed by atoms with Crippen molar-refractivity contribution < 1.29 is 8.78 Å². The van der Waals surface area contributed by atoms with Gasteiger partial charge in [-0.15, -0.1) is 0 Å². The molecule has 1 saturated carbocycles. The summed E-state index contributed by atoms with van der Waals surface area (Å²) in [7, 11) is 2.02. The smallest absolute Gasteiger partial charge is 0.149 e. The molecule has 1 aromatic carbocycles. The molecule has 128 valence electrons. The van der Waals surface area contributed by atoms with E-state index in [0.29, 0.717) is 11.6 Å². The number of anilines is 1. The Morgan fingerprint density at radius 3 is 2.75 bits per heavy atom. The second-order valence-corrected chi connectivity index (χ2v) is 6.91. The van der Waals surface area contributed by atoms with E-state index in [1.807, 2.05) is 24.3 Å². The molecular weight excluding hydrogens is 310 g/mol. The third-order valence-electron chi connectivity index (χ3n) is 5.08. The highest BCUT2D eigenvalue weighted by Crippen LogP contribution is 2.41. The molecule has 2 atom stereocenters. The van der Waals surface area contributed by atoms with E-state index < -0.39 is 11.6 Å². The van der Waals surface area contributed by atoms with Gasteiger partial charge in [0.1, 0.15) is 17.5 Å². The van der Waals surface area contributed by atoms with Gasteiger partial charge in [0.15, 0.2) is 0 Å². The Bertz CT molecular complexity index is 726. The van der Waals surface area contributed by atoms with Gasteiger partial charge in [0, 0.05) is 44.6 Å². The minimum Gasteiger partial charge on any atom is -0.368 e. The molecule has 0 radical (unpaired) electrons. The van der Waals surface area contributed by atoms with Crippen molar-refractivity contribution in [2.24, 2.45) is 13.0 Å². The predicted molar refractivity (Wildman–Crippen MR) is 88.8 cm³/mol. The maximum Gasteiger partial charge on any atom is 0.149 e. The van der Waals surface area contributed by atoms with Crippen LogP contribution < -0.4 is 10.2 Å². The summed E-state index contributed by atoms with van der Waals surface area (Å²) < 4.78 is 29.2. The largest absolute Gasteiger partial charge is 0.368 e. The highest BCUT2D eigenvalue weighted by atomic mass is 19.1. The van der Waals surface area contributed by atoms with Crippen LogP contribution in [0.2, 0.25) is 0 Å². The first-order valence-corrected chi connectivity index (χ1v) is 8.55. The lowest BCUT2D eigenvalue weighted by Gasteiger charge is -2.24. The van der Waals surface area contributed by atoms with Crippen molar-refractivity contribution in [3.63, 3.8) is 0 Å². The zero-order valence-electron chi connectivity index (χ0n) is 13.8. The van der Waals surface area contributed by atoms with Crippen molar-refractivity contribution in [3.05, 3.63) is 48.1 Å². The van der Waals surface area contributed by atoms with E-state index in [1.165, 1.54) is 25.0 Å². The third kappa shape index (κ3) is 3.02. The molecule has 1 aliphatic carbocycles. The van der Waals surface area contributed by atoms with Crippen LogP contribution >= 0.6 is 0 Å². The topological polar surface area (TPSA) is 33.1 Å². The van der Waals surface area contributed by atoms with Crippen LogP contribution in [-0.2, 0) is 7.05 Å². The van der Waals surface area contributed by atoms with Crippen LogP contribution in [0.1, 0.15) is 31.1 Å². The number of nitrogens with zero attached hydrogens (tertiary/aromatic N) is 3. The van der Waals surface area contributed by atoms with Gasteiger partial charge in [0.05, 0.1) is 11.7 Å². The zero-order chi connectivity index (χ0) is 16.7. The summed E-state index contributed by atoms with van der Waals surface area (Å²) >= 11 is 0. The summed E-state index contributed by atoms with van der Waals surface area (Å²) in [4.78, 5) is 6.50. The Hall–Kier alpha value is -1.95. The lowest BCUT2D eigenvalue weighted by molar-refractivity contribution is 0.396. The van der Waals surface area contributed by atoms with Crippen molar-refractivity contribution in [2.45, 2.75) is 31.3 Å². The molecule has 2 heterocycles. The van der Waals surface area contributed by atoms with E-state index in [4.69, 9.17) is 0 Å². The molecule has 1 aromatic heterocycles. The molecule has 1 saturated heterocycles. The lowest BCUT2D eigenvalue weighted by Crippen LogP contribution is -2.37. The number of hydrogen-bond donors (Lipinski definition) is 1. The molecule has 0 spiro atoms. The summed E-state index contributed by atoms with van der Waals surface area (Å²) in [5, 5.41) is 3.73. The second kappa shape index (κ2) is 6.16. The van der Waals surface area contributed by atoms with Crippen molar-refractivity contribution >= 4 is 5.69 Å². The zero-order valence-corrected chi connectivity index (χ0v) is 13.8. The van der Waals surface area contributed by atoms with Gasteiger partial charge in [0.25, 0.3) is 0 Å². The average molecular weight is 332 g/mol. The van der Waals surface area contributed by atoms with Crippen molar-refractivity contribution in [3.8, 4) is 0 Å². The van der Waals surface area contributed by atoms with E-state index >= 15 is 0 Å².